The zero-order chi connectivity index (χ0) is 12.3. The van der Waals surface area contributed by atoms with Crippen molar-refractivity contribution in [3.63, 3.8) is 0 Å². The molecule has 0 spiro atoms. The van der Waals surface area contributed by atoms with Crippen LogP contribution in [0.1, 0.15) is 30.6 Å². The molecule has 0 saturated heterocycles. The van der Waals surface area contributed by atoms with E-state index in [0.29, 0.717) is 0 Å². The second-order valence-electron chi connectivity index (χ2n) is 3.70. The van der Waals surface area contributed by atoms with Crippen LogP contribution in [0, 0.1) is 6.92 Å². The summed E-state index contributed by atoms with van der Waals surface area (Å²) in [5, 5.41) is 10.6. The molecule has 0 aromatic carbocycles. The van der Waals surface area contributed by atoms with Crippen LogP contribution in [0.15, 0.2) is 5.38 Å². The SMILES string of the molecule is Cc1csc(C(C)NS(=O)(=O)C(C)CO)n1. The Kier molecular flexibility index (Phi) is 4.43. The fourth-order valence-electron chi connectivity index (χ4n) is 1.08. The van der Waals surface area contributed by atoms with Crippen LogP contribution in [0.3, 0.4) is 0 Å². The fourth-order valence-corrected chi connectivity index (χ4v) is 2.99. The van der Waals surface area contributed by atoms with E-state index in [9.17, 15) is 8.42 Å². The zero-order valence-electron chi connectivity index (χ0n) is 9.47. The first-order chi connectivity index (χ1) is 7.36. The third-order valence-corrected chi connectivity index (χ3v) is 5.17. The van der Waals surface area contributed by atoms with Gasteiger partial charge >= 0.3 is 0 Å². The van der Waals surface area contributed by atoms with Crippen molar-refractivity contribution in [3.05, 3.63) is 16.1 Å². The quantitative estimate of drug-likeness (QED) is 0.825. The van der Waals surface area contributed by atoms with Gasteiger partial charge in [0, 0.05) is 11.1 Å². The van der Waals surface area contributed by atoms with Crippen molar-refractivity contribution < 1.29 is 13.5 Å². The molecule has 1 aromatic rings. The Labute approximate surface area is 99.6 Å². The second-order valence-corrected chi connectivity index (χ2v) is 6.73. The number of nitrogens with one attached hydrogen (secondary N) is 1. The lowest BCUT2D eigenvalue weighted by Crippen LogP contribution is -2.36. The highest BCUT2D eigenvalue weighted by Gasteiger charge is 2.23. The first kappa shape index (κ1) is 13.6. The summed E-state index contributed by atoms with van der Waals surface area (Å²) >= 11 is 1.42. The molecule has 0 fully saturated rings. The van der Waals surface area contributed by atoms with Crippen LogP contribution in [0.25, 0.3) is 0 Å². The molecule has 0 aliphatic rings. The predicted molar refractivity (Wildman–Crippen MR) is 63.9 cm³/mol. The molecule has 1 rings (SSSR count). The normalized spacial score (nSPS) is 16.0. The summed E-state index contributed by atoms with van der Waals surface area (Å²) in [6.45, 7) is 4.67. The van der Waals surface area contributed by atoms with E-state index in [2.05, 4.69) is 9.71 Å². The summed E-state index contributed by atoms with van der Waals surface area (Å²) in [4.78, 5) is 4.21. The third-order valence-electron chi connectivity index (χ3n) is 2.14. The number of nitrogens with zero attached hydrogens (tertiary/aromatic N) is 1. The van der Waals surface area contributed by atoms with E-state index in [4.69, 9.17) is 5.11 Å². The molecule has 0 aliphatic carbocycles. The molecule has 2 unspecified atom stereocenters. The molecule has 92 valence electrons. The van der Waals surface area contributed by atoms with Gasteiger partial charge in [-0.3, -0.25) is 0 Å². The Morgan fingerprint density at radius 3 is 2.62 bits per heavy atom. The van der Waals surface area contributed by atoms with Gasteiger partial charge in [0.1, 0.15) is 5.01 Å². The highest BCUT2D eigenvalue weighted by atomic mass is 32.2. The number of rotatable bonds is 5. The molecule has 1 heterocycles. The summed E-state index contributed by atoms with van der Waals surface area (Å²) in [6, 6.07) is -0.363. The van der Waals surface area contributed by atoms with Crippen LogP contribution in [0.2, 0.25) is 0 Å². The number of hydrogen-bond acceptors (Lipinski definition) is 5. The van der Waals surface area contributed by atoms with Gasteiger partial charge in [0.15, 0.2) is 0 Å². The minimum absolute atomic E-state index is 0.363. The third kappa shape index (κ3) is 3.24. The topological polar surface area (TPSA) is 79.3 Å². The first-order valence-electron chi connectivity index (χ1n) is 4.91. The lowest BCUT2D eigenvalue weighted by Gasteiger charge is -2.15. The molecular weight excluding hydrogens is 248 g/mol. The molecule has 2 N–H and O–H groups in total. The summed E-state index contributed by atoms with van der Waals surface area (Å²) in [5.74, 6) is 0. The number of hydrogen-bond donors (Lipinski definition) is 2. The van der Waals surface area contributed by atoms with Gasteiger partial charge in [0.25, 0.3) is 0 Å². The van der Waals surface area contributed by atoms with Crippen molar-refractivity contribution in [1.82, 2.24) is 9.71 Å². The van der Waals surface area contributed by atoms with Gasteiger partial charge in [-0.2, -0.15) is 0 Å². The fraction of sp³-hybridized carbons (Fsp3) is 0.667. The van der Waals surface area contributed by atoms with Crippen LogP contribution in [-0.2, 0) is 10.0 Å². The molecule has 7 heteroatoms. The van der Waals surface area contributed by atoms with Crippen LogP contribution in [0.4, 0.5) is 0 Å². The second kappa shape index (κ2) is 5.22. The van der Waals surface area contributed by atoms with Crippen molar-refractivity contribution in [2.24, 2.45) is 0 Å². The molecule has 1 aromatic heterocycles. The van der Waals surface area contributed by atoms with Gasteiger partial charge in [0.2, 0.25) is 10.0 Å². The maximum absolute atomic E-state index is 11.7. The van der Waals surface area contributed by atoms with E-state index < -0.39 is 15.3 Å². The smallest absolute Gasteiger partial charge is 0.217 e. The maximum Gasteiger partial charge on any atom is 0.217 e. The Hall–Kier alpha value is -0.500. The first-order valence-corrected chi connectivity index (χ1v) is 7.33. The van der Waals surface area contributed by atoms with Gasteiger partial charge in [-0.05, 0) is 20.8 Å². The van der Waals surface area contributed by atoms with Crippen LogP contribution < -0.4 is 4.72 Å². The Balaban J connectivity index is 2.75. The number of aliphatic hydroxyl groups is 1. The number of aliphatic hydroxyl groups excluding tert-OH is 1. The van der Waals surface area contributed by atoms with Crippen LogP contribution in [-0.4, -0.2) is 30.4 Å². The molecule has 5 nitrogen and oxygen atoms in total. The molecule has 0 bridgehead atoms. The Morgan fingerprint density at radius 1 is 1.56 bits per heavy atom. The molecule has 0 aliphatic heterocycles. The minimum Gasteiger partial charge on any atom is -0.395 e. The van der Waals surface area contributed by atoms with Crippen LogP contribution in [0.5, 0.6) is 0 Å². The number of sulfonamides is 1. The lowest BCUT2D eigenvalue weighted by molar-refractivity contribution is 0.294. The molecule has 16 heavy (non-hydrogen) atoms. The molecule has 2 atom stereocenters. The van der Waals surface area contributed by atoms with Crippen molar-refractivity contribution in [1.29, 1.82) is 0 Å². The largest absolute Gasteiger partial charge is 0.395 e. The summed E-state index contributed by atoms with van der Waals surface area (Å²) in [6.07, 6.45) is 0. The van der Waals surface area contributed by atoms with E-state index in [1.165, 1.54) is 18.3 Å². The molecule has 0 saturated carbocycles. The summed E-state index contributed by atoms with van der Waals surface area (Å²) in [5.41, 5.74) is 0.876. The van der Waals surface area contributed by atoms with Gasteiger partial charge in [-0.1, -0.05) is 0 Å². The van der Waals surface area contributed by atoms with Gasteiger partial charge in [0.05, 0.1) is 17.9 Å². The summed E-state index contributed by atoms with van der Waals surface area (Å²) in [7, 11) is -3.48. The lowest BCUT2D eigenvalue weighted by atomic mass is 10.4. The van der Waals surface area contributed by atoms with Crippen molar-refractivity contribution in [2.75, 3.05) is 6.61 Å². The van der Waals surface area contributed by atoms with E-state index in [1.807, 2.05) is 12.3 Å². The van der Waals surface area contributed by atoms with Gasteiger partial charge in [-0.15, -0.1) is 11.3 Å². The number of aromatic nitrogens is 1. The van der Waals surface area contributed by atoms with Gasteiger partial charge in [-0.25, -0.2) is 18.1 Å². The average Bonchev–Trinajstić information content (AvgIpc) is 2.63. The van der Waals surface area contributed by atoms with E-state index >= 15 is 0 Å². The molecular formula is C9H16N2O3S2. The van der Waals surface area contributed by atoms with Gasteiger partial charge < -0.3 is 5.11 Å². The van der Waals surface area contributed by atoms with E-state index in [0.717, 1.165) is 10.7 Å². The summed E-state index contributed by atoms with van der Waals surface area (Å²) < 4.78 is 25.8. The number of thiazole rings is 1. The highest BCUT2D eigenvalue weighted by Crippen LogP contribution is 2.18. The highest BCUT2D eigenvalue weighted by molar-refractivity contribution is 7.90. The number of aryl methyl sites for hydroxylation is 1. The van der Waals surface area contributed by atoms with E-state index in [-0.39, 0.29) is 12.6 Å². The minimum atomic E-state index is -3.48. The average molecular weight is 264 g/mol. The maximum atomic E-state index is 11.7. The van der Waals surface area contributed by atoms with Crippen molar-refractivity contribution in [2.45, 2.75) is 32.1 Å². The predicted octanol–water partition coefficient (Wildman–Crippen LogP) is 0.813. The monoisotopic (exact) mass is 264 g/mol. The molecule has 0 radical (unpaired) electrons. The van der Waals surface area contributed by atoms with Crippen molar-refractivity contribution in [3.8, 4) is 0 Å². The zero-order valence-corrected chi connectivity index (χ0v) is 11.1. The molecule has 0 amide bonds. The Bertz CT molecular complexity index is 441. The standard InChI is InChI=1S/C9H16N2O3S2/c1-6-5-15-9(10-6)8(3)11-16(13,14)7(2)4-12/h5,7-8,11-12H,4H2,1-3H3. The van der Waals surface area contributed by atoms with E-state index in [1.54, 1.807) is 6.92 Å². The van der Waals surface area contributed by atoms with Crippen molar-refractivity contribution >= 4 is 21.4 Å². The Morgan fingerprint density at radius 2 is 2.19 bits per heavy atom. The van der Waals surface area contributed by atoms with Crippen LogP contribution >= 0.6 is 11.3 Å².